The molecule has 62 valence electrons. The molecule has 0 aliphatic rings. The minimum atomic E-state index is -4.99. The molecule has 12 heteroatoms. The van der Waals surface area contributed by atoms with Crippen LogP contribution in [0.25, 0.3) is 0 Å². The fourth-order valence-electron chi connectivity index (χ4n) is 0.117. The van der Waals surface area contributed by atoms with Gasteiger partial charge in [0.2, 0.25) is 0 Å². The summed E-state index contributed by atoms with van der Waals surface area (Å²) in [6, 6.07) is 0. The Kier molecular flexibility index (Phi) is 23.0. The molecule has 12 heavy (non-hydrogen) atoms. The van der Waals surface area contributed by atoms with Crippen molar-refractivity contribution in [2.45, 2.75) is 0 Å². The van der Waals surface area contributed by atoms with Gasteiger partial charge < -0.3 is 4.28 Å². The van der Waals surface area contributed by atoms with Gasteiger partial charge >= 0.3 is 175 Å². The van der Waals surface area contributed by atoms with Crippen LogP contribution < -0.4 is 154 Å². The van der Waals surface area contributed by atoms with Gasteiger partial charge in [0.15, 0.2) is 0 Å². The largest absolute Gasteiger partial charge is 1.00 e. The minimum Gasteiger partial charge on any atom is -1.00 e. The Balaban J connectivity index is -0.0000000213. The number of nitrogens with one attached hydrogen (secondary N) is 1. The third kappa shape index (κ3) is 24.1. The van der Waals surface area contributed by atoms with Gasteiger partial charge in [-0.1, -0.05) is 0 Å². The van der Waals surface area contributed by atoms with Gasteiger partial charge in [0, 0.05) is 0 Å². The second-order valence-electron chi connectivity index (χ2n) is 0.971. The van der Waals surface area contributed by atoms with E-state index in [-0.39, 0.29) is 158 Å². The fourth-order valence-corrected chi connectivity index (χ4v) is 1.05. The number of rotatable bonds is 2. The molecule has 0 aromatic carbocycles. The zero-order valence-corrected chi connectivity index (χ0v) is 17.8. The van der Waals surface area contributed by atoms with E-state index in [1.165, 1.54) is 0 Å². The molecule has 0 bridgehead atoms. The topological polar surface area (TPSA) is 125 Å². The molecule has 0 spiro atoms. The molecule has 0 saturated carbocycles. The predicted molar refractivity (Wildman–Crippen MR) is 29.5 cm³/mol. The van der Waals surface area contributed by atoms with Crippen molar-refractivity contribution in [2.75, 3.05) is 0 Å². The monoisotopic (exact) mass is 297 g/mol. The average Bonchev–Trinajstić information content (AvgIpc) is 1.14. The molecule has 1 atom stereocenters. The van der Waals surface area contributed by atoms with E-state index in [1.54, 1.807) is 0 Å². The Morgan fingerprint density at radius 2 is 1.33 bits per heavy atom. The second-order valence-corrected chi connectivity index (χ2v) is 3.32. The summed E-state index contributed by atoms with van der Waals surface area (Å²) in [5.74, 6) is 0. The second kappa shape index (κ2) is 10.8. The van der Waals surface area contributed by atoms with Gasteiger partial charge in [0.1, 0.15) is 0 Å². The molecule has 0 aliphatic carbocycles. The molecule has 0 aromatic rings. The van der Waals surface area contributed by atoms with E-state index in [0.29, 0.717) is 0 Å². The van der Waals surface area contributed by atoms with Crippen LogP contribution in [0.15, 0.2) is 0 Å². The first-order valence-corrected chi connectivity index (χ1v) is 4.21. The maximum Gasteiger partial charge on any atom is 1.00 e. The van der Waals surface area contributed by atoms with Gasteiger partial charge in [0.25, 0.3) is 0 Å². The van der Waals surface area contributed by atoms with E-state index in [2.05, 4.69) is 3.63 Å². The third-order valence-corrected chi connectivity index (χ3v) is 1.60. The Bertz CT molecular complexity index is 257. The van der Waals surface area contributed by atoms with E-state index in [1.807, 2.05) is 0 Å². The Morgan fingerprint density at radius 3 is 1.33 bits per heavy atom. The molecular weight excluding hydrogens is 291 g/mol. The van der Waals surface area contributed by atoms with Crippen molar-refractivity contribution in [3.05, 3.63) is 0 Å². The van der Waals surface area contributed by atoms with Crippen LogP contribution in [-0.4, -0.2) is 21.7 Å². The molecule has 0 rings (SSSR count). The van der Waals surface area contributed by atoms with Crippen molar-refractivity contribution in [3.8, 4) is 0 Å². The summed E-state index contributed by atoms with van der Waals surface area (Å²) in [6.07, 6.45) is 0. The van der Waals surface area contributed by atoms with Gasteiger partial charge in [-0.2, -0.15) is 12.6 Å². The minimum absolute atomic E-state index is 0. The van der Waals surface area contributed by atoms with E-state index in [0.717, 1.165) is 0 Å². The summed E-state index contributed by atoms with van der Waals surface area (Å²) in [4.78, 5) is 0. The third-order valence-electron chi connectivity index (χ3n) is 0.178. The SMILES string of the molecule is N=S(=O)(O)OS(=O)(=O)O.[H-].[H-].[H-].[K+].[K+].[K+]. The van der Waals surface area contributed by atoms with Crippen molar-refractivity contribution in [1.29, 1.82) is 4.78 Å². The molecule has 0 aromatic heterocycles. The normalized spacial score (nSPS) is 14.2. The molecule has 0 amide bonds. The summed E-state index contributed by atoms with van der Waals surface area (Å²) in [5.41, 5.74) is 0. The van der Waals surface area contributed by atoms with Crippen LogP contribution in [0, 0.1) is 4.78 Å². The van der Waals surface area contributed by atoms with Gasteiger partial charge in [-0.15, -0.1) is 3.63 Å². The van der Waals surface area contributed by atoms with Crippen molar-refractivity contribution >= 4 is 20.7 Å². The average molecular weight is 297 g/mol. The molecule has 3 N–H and O–H groups in total. The van der Waals surface area contributed by atoms with Crippen LogP contribution in [0.3, 0.4) is 0 Å². The molecule has 0 heterocycles. The zero-order valence-electron chi connectivity index (χ0n) is 9.84. The zero-order chi connectivity index (χ0) is 7.71. The quantitative estimate of drug-likeness (QED) is 0.343. The van der Waals surface area contributed by atoms with E-state index < -0.39 is 20.7 Å². The smallest absolute Gasteiger partial charge is 1.00 e. The van der Waals surface area contributed by atoms with Crippen molar-refractivity contribution < 1.29 is 184 Å². The molecule has 0 fully saturated rings. The first-order valence-electron chi connectivity index (χ1n) is 1.40. The van der Waals surface area contributed by atoms with Crippen LogP contribution in [-0.2, 0) is 24.3 Å². The molecule has 7 nitrogen and oxygen atoms in total. The van der Waals surface area contributed by atoms with Gasteiger partial charge in [-0.05, 0) is 0 Å². The Hall–Kier alpha value is 4.69. The van der Waals surface area contributed by atoms with Crippen molar-refractivity contribution in [3.63, 3.8) is 0 Å². The van der Waals surface area contributed by atoms with Crippen LogP contribution in [0.5, 0.6) is 0 Å². The predicted octanol–water partition coefficient (Wildman–Crippen LogP) is -9.41. The molecule has 0 saturated heterocycles. The summed E-state index contributed by atoms with van der Waals surface area (Å²) >= 11 is 0. The Morgan fingerprint density at radius 1 is 1.08 bits per heavy atom. The van der Waals surface area contributed by atoms with Gasteiger partial charge in [-0.25, -0.2) is 4.78 Å². The van der Waals surface area contributed by atoms with Crippen LogP contribution >= 0.6 is 0 Å². The number of hydrogen-bond acceptors (Lipinski definition) is 5. The van der Waals surface area contributed by atoms with Crippen LogP contribution in [0.4, 0.5) is 0 Å². The molecular formula is H6K3NO6S2. The maximum absolute atomic E-state index is 9.66. The van der Waals surface area contributed by atoms with Gasteiger partial charge in [0.05, 0.1) is 0 Å². The van der Waals surface area contributed by atoms with E-state index in [9.17, 15) is 12.6 Å². The van der Waals surface area contributed by atoms with Crippen LogP contribution in [0.2, 0.25) is 0 Å². The van der Waals surface area contributed by atoms with Crippen molar-refractivity contribution in [1.82, 2.24) is 0 Å². The molecule has 0 radical (unpaired) electrons. The Labute approximate surface area is 203 Å². The van der Waals surface area contributed by atoms with E-state index >= 15 is 0 Å². The molecule has 1 unspecified atom stereocenters. The van der Waals surface area contributed by atoms with Gasteiger partial charge in [-0.3, -0.25) is 9.11 Å². The van der Waals surface area contributed by atoms with E-state index in [4.69, 9.17) is 13.9 Å². The number of hydrogen-bond donors (Lipinski definition) is 3. The maximum atomic E-state index is 9.66. The summed E-state index contributed by atoms with van der Waals surface area (Å²) in [7, 11) is -9.61. The first kappa shape index (κ1) is 25.5. The summed E-state index contributed by atoms with van der Waals surface area (Å²) in [6.45, 7) is 0. The summed E-state index contributed by atoms with van der Waals surface area (Å²) in [5, 5.41) is 0. The van der Waals surface area contributed by atoms with Crippen LogP contribution in [0.1, 0.15) is 4.28 Å². The summed E-state index contributed by atoms with van der Waals surface area (Å²) < 4.78 is 52.9. The fraction of sp³-hybridized carbons (Fsp3) is 0. The first-order chi connectivity index (χ1) is 3.71. The standard InChI is InChI=1S/3K.H3NO6S2.3H/c;;;1-8(2,3)7-9(4,5)6;;;/h;;;(H2,1,2,3)(H,4,5,6);;;/q3*+1;;3*-1. The molecule has 0 aliphatic heterocycles. The van der Waals surface area contributed by atoms with Crippen molar-refractivity contribution in [2.24, 2.45) is 0 Å².